The molecule has 39 heavy (non-hydrogen) atoms. The lowest BCUT2D eigenvalue weighted by molar-refractivity contribution is -0.192. The van der Waals surface area contributed by atoms with E-state index in [-0.39, 0.29) is 24.7 Å². The fourth-order valence-electron chi connectivity index (χ4n) is 3.70. The SMILES string of the molecule is O=C(O)C(F)(F)F.O=C(c1cc(-n2cccn2)ccn1)N1CCC(F)(F)[C@@H](Oc2ccc3ccccc3n2)C1. The average molecular weight is 549 g/mol. The summed E-state index contributed by atoms with van der Waals surface area (Å²) in [5.41, 5.74) is 1.46. The van der Waals surface area contributed by atoms with Crippen LogP contribution in [0, 0.1) is 0 Å². The van der Waals surface area contributed by atoms with E-state index in [9.17, 15) is 26.7 Å². The van der Waals surface area contributed by atoms with Gasteiger partial charge in [0.15, 0.2) is 6.10 Å². The van der Waals surface area contributed by atoms with Crippen molar-refractivity contribution in [1.29, 1.82) is 0 Å². The summed E-state index contributed by atoms with van der Waals surface area (Å²) < 4.78 is 68.2. The monoisotopic (exact) mass is 549 g/mol. The number of amides is 1. The molecule has 1 N–H and O–H groups in total. The topological polar surface area (TPSA) is 110 Å². The summed E-state index contributed by atoms with van der Waals surface area (Å²) in [5.74, 6) is -6.18. The Balaban J connectivity index is 0.000000448. The number of nitrogens with zero attached hydrogens (tertiary/aromatic N) is 5. The van der Waals surface area contributed by atoms with E-state index in [4.69, 9.17) is 14.6 Å². The Morgan fingerprint density at radius 2 is 1.79 bits per heavy atom. The third kappa shape index (κ3) is 6.64. The van der Waals surface area contributed by atoms with Gasteiger partial charge in [0.2, 0.25) is 5.88 Å². The van der Waals surface area contributed by atoms with Crippen LogP contribution in [-0.2, 0) is 4.79 Å². The zero-order valence-electron chi connectivity index (χ0n) is 19.9. The highest BCUT2D eigenvalue weighted by Crippen LogP contribution is 2.32. The fourth-order valence-corrected chi connectivity index (χ4v) is 3.70. The minimum Gasteiger partial charge on any atom is -0.475 e. The quantitative estimate of drug-likeness (QED) is 0.376. The third-order valence-corrected chi connectivity index (χ3v) is 5.67. The van der Waals surface area contributed by atoms with Gasteiger partial charge in [-0.3, -0.25) is 9.78 Å². The van der Waals surface area contributed by atoms with Crippen molar-refractivity contribution in [3.05, 3.63) is 78.9 Å². The zero-order chi connectivity index (χ0) is 28.2. The van der Waals surface area contributed by atoms with Gasteiger partial charge in [0, 0.05) is 43.0 Å². The molecule has 204 valence electrons. The average Bonchev–Trinajstić information content (AvgIpc) is 3.45. The lowest BCUT2D eigenvalue weighted by Gasteiger charge is -2.37. The van der Waals surface area contributed by atoms with Crippen LogP contribution in [0.5, 0.6) is 5.88 Å². The number of rotatable bonds is 4. The maximum atomic E-state index is 14.6. The highest BCUT2D eigenvalue weighted by atomic mass is 19.4. The number of hydrogen-bond donors (Lipinski definition) is 1. The van der Waals surface area contributed by atoms with E-state index >= 15 is 0 Å². The van der Waals surface area contributed by atoms with Gasteiger partial charge >= 0.3 is 12.1 Å². The van der Waals surface area contributed by atoms with Crippen molar-refractivity contribution in [2.24, 2.45) is 0 Å². The number of carboxylic acids is 1. The van der Waals surface area contributed by atoms with Gasteiger partial charge in [0.05, 0.1) is 17.7 Å². The first-order valence-electron chi connectivity index (χ1n) is 11.4. The zero-order valence-corrected chi connectivity index (χ0v) is 19.9. The van der Waals surface area contributed by atoms with E-state index in [0.717, 1.165) is 5.39 Å². The second kappa shape index (κ2) is 11.0. The number of fused-ring (bicyclic) bond motifs is 1. The molecule has 1 atom stereocenters. The number of para-hydroxylation sites is 1. The van der Waals surface area contributed by atoms with Crippen molar-refractivity contribution in [3.63, 3.8) is 0 Å². The van der Waals surface area contributed by atoms with Crippen LogP contribution in [-0.4, -0.2) is 72.9 Å². The lowest BCUT2D eigenvalue weighted by atomic mass is 10.0. The van der Waals surface area contributed by atoms with Crippen LogP contribution in [0.15, 0.2) is 73.2 Å². The van der Waals surface area contributed by atoms with Gasteiger partial charge in [-0.1, -0.05) is 18.2 Å². The molecule has 1 aliphatic rings. The molecule has 0 radical (unpaired) electrons. The minimum absolute atomic E-state index is 0.0927. The Morgan fingerprint density at radius 1 is 1.05 bits per heavy atom. The molecule has 1 saturated heterocycles. The molecule has 1 fully saturated rings. The van der Waals surface area contributed by atoms with Crippen molar-refractivity contribution >= 4 is 22.8 Å². The van der Waals surface area contributed by atoms with E-state index in [1.165, 1.54) is 11.1 Å². The number of carboxylic acid groups (broad SMARTS) is 1. The van der Waals surface area contributed by atoms with Gasteiger partial charge in [-0.05, 0) is 30.3 Å². The summed E-state index contributed by atoms with van der Waals surface area (Å²) >= 11 is 0. The molecule has 0 spiro atoms. The number of hydrogen-bond acceptors (Lipinski definition) is 6. The van der Waals surface area contributed by atoms with Crippen LogP contribution in [0.25, 0.3) is 16.6 Å². The number of aliphatic carboxylic acids is 1. The third-order valence-electron chi connectivity index (χ3n) is 5.67. The van der Waals surface area contributed by atoms with Crippen LogP contribution in [0.4, 0.5) is 22.0 Å². The normalized spacial score (nSPS) is 16.7. The van der Waals surface area contributed by atoms with Gasteiger partial charge in [0.1, 0.15) is 5.69 Å². The van der Waals surface area contributed by atoms with Crippen molar-refractivity contribution in [1.82, 2.24) is 24.6 Å². The predicted octanol–water partition coefficient (Wildman–Crippen LogP) is 4.38. The molecule has 3 aromatic heterocycles. The molecule has 1 aromatic carbocycles. The second-order valence-electron chi connectivity index (χ2n) is 8.36. The maximum Gasteiger partial charge on any atom is 0.490 e. The molecule has 1 amide bonds. The van der Waals surface area contributed by atoms with Crippen molar-refractivity contribution in [3.8, 4) is 11.6 Å². The molecule has 5 rings (SSSR count). The Kier molecular flexibility index (Phi) is 7.74. The van der Waals surface area contributed by atoms with E-state index < -0.39 is 36.5 Å². The Morgan fingerprint density at radius 3 is 2.49 bits per heavy atom. The Labute approximate surface area is 217 Å². The largest absolute Gasteiger partial charge is 0.490 e. The second-order valence-corrected chi connectivity index (χ2v) is 8.36. The van der Waals surface area contributed by atoms with Gasteiger partial charge in [-0.15, -0.1) is 0 Å². The number of benzene rings is 1. The number of carbonyl (C=O) groups is 2. The molecule has 0 saturated carbocycles. The van der Waals surface area contributed by atoms with Crippen LogP contribution in [0.1, 0.15) is 16.9 Å². The predicted molar refractivity (Wildman–Crippen MR) is 127 cm³/mol. The number of aromatic nitrogens is 4. The van der Waals surface area contributed by atoms with Crippen molar-refractivity contribution in [2.75, 3.05) is 13.1 Å². The standard InChI is InChI=1S/C23H19F2N5O2.C2HF3O2/c24-23(25)9-13-29(22(31)19-14-17(8-11-26-19)30-12-3-10-27-30)15-20(23)32-21-7-6-16-4-1-2-5-18(16)28-21;3-2(4,5)1(6)7/h1-8,10-12,14,20H,9,13,15H2;(H,6,7)/t20-;/m0./s1. The number of halogens is 5. The Hall–Kier alpha value is -4.62. The number of ether oxygens (including phenoxy) is 1. The number of carbonyl (C=O) groups excluding carboxylic acids is 1. The van der Waals surface area contributed by atoms with Crippen LogP contribution < -0.4 is 4.74 Å². The highest BCUT2D eigenvalue weighted by molar-refractivity contribution is 5.93. The summed E-state index contributed by atoms with van der Waals surface area (Å²) in [6.07, 6.45) is -2.24. The van der Waals surface area contributed by atoms with E-state index in [0.29, 0.717) is 11.2 Å². The molecule has 0 unspecified atom stereocenters. The molecule has 4 heterocycles. The minimum atomic E-state index is -5.08. The molecule has 9 nitrogen and oxygen atoms in total. The van der Waals surface area contributed by atoms with Gasteiger partial charge in [-0.25, -0.2) is 23.2 Å². The van der Waals surface area contributed by atoms with E-state index in [1.807, 2.05) is 18.2 Å². The van der Waals surface area contributed by atoms with E-state index in [1.54, 1.807) is 53.5 Å². The molecule has 0 bridgehead atoms. The van der Waals surface area contributed by atoms with Gasteiger partial charge in [0.25, 0.3) is 11.8 Å². The summed E-state index contributed by atoms with van der Waals surface area (Å²) in [4.78, 5) is 31.7. The van der Waals surface area contributed by atoms with Crippen molar-refractivity contribution in [2.45, 2.75) is 24.6 Å². The Bertz CT molecular complexity index is 1460. The van der Waals surface area contributed by atoms with Gasteiger partial charge in [-0.2, -0.15) is 18.3 Å². The smallest absolute Gasteiger partial charge is 0.475 e. The summed E-state index contributed by atoms with van der Waals surface area (Å²) in [7, 11) is 0. The first-order valence-corrected chi connectivity index (χ1v) is 11.4. The van der Waals surface area contributed by atoms with Crippen molar-refractivity contribution < 1.29 is 41.4 Å². The molecule has 4 aromatic rings. The number of alkyl halides is 5. The molecule has 1 aliphatic heterocycles. The van der Waals surface area contributed by atoms with Crippen LogP contribution in [0.3, 0.4) is 0 Å². The number of pyridine rings is 2. The highest BCUT2D eigenvalue weighted by Gasteiger charge is 2.47. The first-order chi connectivity index (χ1) is 18.4. The molecular weight excluding hydrogens is 529 g/mol. The lowest BCUT2D eigenvalue weighted by Crippen LogP contribution is -2.55. The summed E-state index contributed by atoms with van der Waals surface area (Å²) in [6.45, 7) is -0.363. The summed E-state index contributed by atoms with van der Waals surface area (Å²) in [6, 6.07) is 15.8. The van der Waals surface area contributed by atoms with Gasteiger partial charge < -0.3 is 14.7 Å². The fraction of sp³-hybridized carbons (Fsp3) is 0.240. The number of likely N-dealkylation sites (tertiary alicyclic amines) is 1. The van der Waals surface area contributed by atoms with Crippen LogP contribution >= 0.6 is 0 Å². The summed E-state index contributed by atoms with van der Waals surface area (Å²) in [5, 5.41) is 12.1. The molecular formula is C25H20F5N5O4. The molecule has 14 heteroatoms. The van der Waals surface area contributed by atoms with Crippen LogP contribution in [0.2, 0.25) is 0 Å². The molecule has 0 aliphatic carbocycles. The maximum absolute atomic E-state index is 14.6. The first kappa shape index (κ1) is 27.4. The number of piperidine rings is 1. The van der Waals surface area contributed by atoms with E-state index in [2.05, 4.69) is 15.1 Å².